The molecule has 0 amide bonds. The maximum atomic E-state index is 3.78. The summed E-state index contributed by atoms with van der Waals surface area (Å²) in [6, 6.07) is 0.817. The van der Waals surface area contributed by atoms with E-state index in [2.05, 4.69) is 37.9 Å². The SMILES string of the molecule is CCCNC1CCCC1CCN1CCC(C(C)(C)C)CC1. The Balaban J connectivity index is 1.67. The summed E-state index contributed by atoms with van der Waals surface area (Å²) in [5.74, 6) is 1.87. The summed E-state index contributed by atoms with van der Waals surface area (Å²) >= 11 is 0. The number of nitrogens with zero attached hydrogens (tertiary/aromatic N) is 1. The van der Waals surface area contributed by atoms with E-state index in [1.54, 1.807) is 0 Å². The molecule has 1 N–H and O–H groups in total. The predicted molar refractivity (Wildman–Crippen MR) is 92.7 cm³/mol. The molecule has 1 heterocycles. The van der Waals surface area contributed by atoms with E-state index in [1.807, 2.05) is 0 Å². The first-order valence-electron chi connectivity index (χ1n) is 9.46. The van der Waals surface area contributed by atoms with Crippen LogP contribution in [0.15, 0.2) is 0 Å². The van der Waals surface area contributed by atoms with Gasteiger partial charge in [-0.05, 0) is 82.0 Å². The van der Waals surface area contributed by atoms with Crippen molar-refractivity contribution in [1.82, 2.24) is 10.2 Å². The van der Waals surface area contributed by atoms with Gasteiger partial charge in [-0.3, -0.25) is 0 Å². The molecule has 0 radical (unpaired) electrons. The fraction of sp³-hybridized carbons (Fsp3) is 1.00. The lowest BCUT2D eigenvalue weighted by atomic mass is 9.75. The highest BCUT2D eigenvalue weighted by molar-refractivity contribution is 4.85. The molecule has 0 spiro atoms. The van der Waals surface area contributed by atoms with Crippen molar-refractivity contribution in [3.8, 4) is 0 Å². The topological polar surface area (TPSA) is 15.3 Å². The van der Waals surface area contributed by atoms with Crippen molar-refractivity contribution in [1.29, 1.82) is 0 Å². The third kappa shape index (κ3) is 5.25. The fourth-order valence-corrected chi connectivity index (χ4v) is 4.35. The zero-order valence-corrected chi connectivity index (χ0v) is 15.0. The van der Waals surface area contributed by atoms with Crippen LogP contribution in [0.4, 0.5) is 0 Å². The number of piperidine rings is 1. The summed E-state index contributed by atoms with van der Waals surface area (Å²) < 4.78 is 0. The van der Waals surface area contributed by atoms with Gasteiger partial charge in [0.25, 0.3) is 0 Å². The van der Waals surface area contributed by atoms with Crippen molar-refractivity contribution in [2.24, 2.45) is 17.3 Å². The van der Waals surface area contributed by atoms with Crippen molar-refractivity contribution >= 4 is 0 Å². The van der Waals surface area contributed by atoms with E-state index in [1.165, 1.54) is 71.1 Å². The molecule has 2 unspecified atom stereocenters. The van der Waals surface area contributed by atoms with Gasteiger partial charge in [0.1, 0.15) is 0 Å². The minimum atomic E-state index is 0.507. The Morgan fingerprint density at radius 1 is 1.05 bits per heavy atom. The van der Waals surface area contributed by atoms with Crippen LogP contribution >= 0.6 is 0 Å². The number of rotatable bonds is 6. The second-order valence-corrected chi connectivity index (χ2v) is 8.52. The van der Waals surface area contributed by atoms with Crippen molar-refractivity contribution < 1.29 is 0 Å². The standard InChI is InChI=1S/C19H38N2/c1-5-12-20-18-8-6-7-16(18)9-13-21-14-10-17(11-15-21)19(2,3)4/h16-18,20H,5-15H2,1-4H3. The Morgan fingerprint density at radius 2 is 1.76 bits per heavy atom. The molecule has 2 aliphatic rings. The van der Waals surface area contributed by atoms with E-state index in [4.69, 9.17) is 0 Å². The maximum Gasteiger partial charge on any atom is 0.00958 e. The minimum Gasteiger partial charge on any atom is -0.314 e. The zero-order chi connectivity index (χ0) is 15.3. The molecule has 2 rings (SSSR count). The van der Waals surface area contributed by atoms with Crippen LogP contribution in [0.25, 0.3) is 0 Å². The Morgan fingerprint density at radius 3 is 2.38 bits per heavy atom. The second kappa shape index (κ2) is 7.97. The predicted octanol–water partition coefficient (Wildman–Crippen LogP) is 4.30. The van der Waals surface area contributed by atoms with E-state index in [-0.39, 0.29) is 0 Å². The normalized spacial score (nSPS) is 29.1. The highest BCUT2D eigenvalue weighted by atomic mass is 15.1. The van der Waals surface area contributed by atoms with E-state index >= 15 is 0 Å². The van der Waals surface area contributed by atoms with Gasteiger partial charge < -0.3 is 10.2 Å². The summed E-state index contributed by atoms with van der Waals surface area (Å²) in [5.41, 5.74) is 0.507. The lowest BCUT2D eigenvalue weighted by Crippen LogP contribution is -2.40. The van der Waals surface area contributed by atoms with Crippen LogP contribution in [0, 0.1) is 17.3 Å². The number of hydrogen-bond acceptors (Lipinski definition) is 2. The summed E-state index contributed by atoms with van der Waals surface area (Å²) in [6.45, 7) is 14.7. The molecule has 2 nitrogen and oxygen atoms in total. The lowest BCUT2D eigenvalue weighted by Gasteiger charge is -2.39. The molecule has 2 heteroatoms. The van der Waals surface area contributed by atoms with Crippen LogP contribution in [0.3, 0.4) is 0 Å². The molecule has 1 saturated carbocycles. The summed E-state index contributed by atoms with van der Waals surface area (Å²) in [5, 5.41) is 3.78. The Labute approximate surface area is 133 Å². The van der Waals surface area contributed by atoms with Gasteiger partial charge in [0.05, 0.1) is 0 Å². The Hall–Kier alpha value is -0.0800. The molecular formula is C19H38N2. The summed E-state index contributed by atoms with van der Waals surface area (Å²) in [4.78, 5) is 2.73. The van der Waals surface area contributed by atoms with Crippen molar-refractivity contribution in [3.63, 3.8) is 0 Å². The van der Waals surface area contributed by atoms with Gasteiger partial charge in [-0.15, -0.1) is 0 Å². The van der Waals surface area contributed by atoms with E-state index in [9.17, 15) is 0 Å². The third-order valence-corrected chi connectivity index (χ3v) is 5.94. The minimum absolute atomic E-state index is 0.507. The number of nitrogens with one attached hydrogen (secondary N) is 1. The van der Waals surface area contributed by atoms with Crippen LogP contribution in [0.5, 0.6) is 0 Å². The highest BCUT2D eigenvalue weighted by Gasteiger charge is 2.30. The molecule has 124 valence electrons. The van der Waals surface area contributed by atoms with Crippen LogP contribution in [-0.2, 0) is 0 Å². The van der Waals surface area contributed by atoms with Gasteiger partial charge >= 0.3 is 0 Å². The molecular weight excluding hydrogens is 256 g/mol. The quantitative estimate of drug-likeness (QED) is 0.785. The zero-order valence-electron chi connectivity index (χ0n) is 15.0. The van der Waals surface area contributed by atoms with Crippen LogP contribution in [0.2, 0.25) is 0 Å². The summed E-state index contributed by atoms with van der Waals surface area (Å²) in [7, 11) is 0. The second-order valence-electron chi connectivity index (χ2n) is 8.52. The van der Waals surface area contributed by atoms with Crippen LogP contribution in [0.1, 0.15) is 72.6 Å². The fourth-order valence-electron chi connectivity index (χ4n) is 4.35. The van der Waals surface area contributed by atoms with Gasteiger partial charge in [0.15, 0.2) is 0 Å². The van der Waals surface area contributed by atoms with Crippen molar-refractivity contribution in [2.75, 3.05) is 26.2 Å². The third-order valence-electron chi connectivity index (χ3n) is 5.94. The van der Waals surface area contributed by atoms with Crippen LogP contribution in [-0.4, -0.2) is 37.1 Å². The molecule has 2 fully saturated rings. The lowest BCUT2D eigenvalue weighted by molar-refractivity contribution is 0.107. The molecule has 0 aromatic rings. The van der Waals surface area contributed by atoms with Gasteiger partial charge in [-0.2, -0.15) is 0 Å². The first kappa shape index (κ1) is 17.3. The van der Waals surface area contributed by atoms with Gasteiger partial charge in [0, 0.05) is 6.04 Å². The molecule has 0 bridgehead atoms. The molecule has 1 aliphatic carbocycles. The molecule has 0 aromatic heterocycles. The molecule has 1 saturated heterocycles. The van der Waals surface area contributed by atoms with E-state index < -0.39 is 0 Å². The average Bonchev–Trinajstić information content (AvgIpc) is 2.90. The van der Waals surface area contributed by atoms with E-state index in [0.717, 1.165) is 17.9 Å². The molecule has 2 atom stereocenters. The average molecular weight is 295 g/mol. The van der Waals surface area contributed by atoms with Crippen molar-refractivity contribution in [3.05, 3.63) is 0 Å². The van der Waals surface area contributed by atoms with Crippen LogP contribution < -0.4 is 5.32 Å². The Bertz CT molecular complexity index is 286. The number of hydrogen-bond donors (Lipinski definition) is 1. The molecule has 1 aliphatic heterocycles. The smallest absolute Gasteiger partial charge is 0.00958 e. The first-order chi connectivity index (χ1) is 10.0. The maximum absolute atomic E-state index is 3.78. The van der Waals surface area contributed by atoms with Gasteiger partial charge in [-0.1, -0.05) is 34.1 Å². The molecule has 0 aromatic carbocycles. The molecule has 21 heavy (non-hydrogen) atoms. The first-order valence-corrected chi connectivity index (χ1v) is 9.46. The monoisotopic (exact) mass is 294 g/mol. The Kier molecular flexibility index (Phi) is 6.55. The largest absolute Gasteiger partial charge is 0.314 e. The van der Waals surface area contributed by atoms with Gasteiger partial charge in [-0.25, -0.2) is 0 Å². The van der Waals surface area contributed by atoms with Crippen molar-refractivity contribution in [2.45, 2.75) is 78.7 Å². The highest BCUT2D eigenvalue weighted by Crippen LogP contribution is 2.35. The number of likely N-dealkylation sites (tertiary alicyclic amines) is 1. The van der Waals surface area contributed by atoms with E-state index in [0.29, 0.717) is 5.41 Å². The van der Waals surface area contributed by atoms with Gasteiger partial charge in [0.2, 0.25) is 0 Å². The summed E-state index contributed by atoms with van der Waals surface area (Å²) in [6.07, 6.45) is 9.82.